The Hall–Kier alpha value is -2.64. The fraction of sp³-hybridized carbons (Fsp3) is 0.200. The number of carbonyl (C=O) groups is 2. The molecule has 0 bridgehead atoms. The Labute approximate surface area is 101 Å². The summed E-state index contributed by atoms with van der Waals surface area (Å²) in [6.07, 6.45) is -0.891. The van der Waals surface area contributed by atoms with Crippen molar-refractivity contribution in [2.24, 2.45) is 5.73 Å². The second kappa shape index (κ2) is 4.70. The van der Waals surface area contributed by atoms with E-state index in [4.69, 9.17) is 10.8 Å². The Morgan fingerprint density at radius 1 is 1.44 bits per heavy atom. The maximum Gasteiger partial charge on any atom is 0.404 e. The standard InChI is InChI=1S/C10H10N4O4/c11-10(17)18-5-4-14-8-6(9(15)16)2-1-3-7(8)12-13-14/h1-3H,4-5H2,(H2,11,17)(H,15,16). The molecule has 2 aromatic rings. The molecule has 8 heteroatoms. The molecule has 1 amide bonds. The van der Waals surface area contributed by atoms with Crippen molar-refractivity contribution in [1.29, 1.82) is 0 Å². The molecule has 1 aromatic carbocycles. The number of amides is 1. The van der Waals surface area contributed by atoms with Gasteiger partial charge in [-0.2, -0.15) is 0 Å². The highest BCUT2D eigenvalue weighted by Crippen LogP contribution is 2.16. The number of ether oxygens (including phenoxy) is 1. The average molecular weight is 250 g/mol. The lowest BCUT2D eigenvalue weighted by molar-refractivity contribution is 0.0698. The van der Waals surface area contributed by atoms with Crippen molar-refractivity contribution in [3.63, 3.8) is 0 Å². The van der Waals surface area contributed by atoms with Crippen LogP contribution in [-0.2, 0) is 11.3 Å². The second-order valence-electron chi connectivity index (χ2n) is 3.46. The molecule has 3 N–H and O–H groups in total. The molecule has 94 valence electrons. The van der Waals surface area contributed by atoms with E-state index in [1.807, 2.05) is 0 Å². The molecule has 8 nitrogen and oxygen atoms in total. The first kappa shape index (κ1) is 11.8. The molecule has 0 atom stereocenters. The van der Waals surface area contributed by atoms with Gasteiger partial charge < -0.3 is 15.6 Å². The molecule has 0 spiro atoms. The van der Waals surface area contributed by atoms with Gasteiger partial charge in [0, 0.05) is 0 Å². The summed E-state index contributed by atoms with van der Waals surface area (Å²) in [5.41, 5.74) is 5.77. The fourth-order valence-electron chi connectivity index (χ4n) is 1.59. The normalized spacial score (nSPS) is 10.4. The van der Waals surface area contributed by atoms with Gasteiger partial charge in [0.2, 0.25) is 0 Å². The monoisotopic (exact) mass is 250 g/mol. The third kappa shape index (κ3) is 2.21. The third-order valence-corrected chi connectivity index (χ3v) is 2.31. The van der Waals surface area contributed by atoms with Crippen LogP contribution < -0.4 is 5.73 Å². The van der Waals surface area contributed by atoms with Gasteiger partial charge in [0.1, 0.15) is 17.6 Å². The van der Waals surface area contributed by atoms with E-state index in [0.717, 1.165) is 0 Å². The van der Waals surface area contributed by atoms with Crippen LogP contribution >= 0.6 is 0 Å². The summed E-state index contributed by atoms with van der Waals surface area (Å²) in [5.74, 6) is -1.07. The van der Waals surface area contributed by atoms with Crippen molar-refractivity contribution in [2.75, 3.05) is 6.61 Å². The number of aromatic carboxylic acids is 1. The molecule has 0 radical (unpaired) electrons. The van der Waals surface area contributed by atoms with Crippen LogP contribution in [0.25, 0.3) is 11.0 Å². The Morgan fingerprint density at radius 3 is 2.89 bits per heavy atom. The lowest BCUT2D eigenvalue weighted by Gasteiger charge is -2.04. The number of hydrogen-bond acceptors (Lipinski definition) is 5. The number of aromatic nitrogens is 3. The average Bonchev–Trinajstić information content (AvgIpc) is 2.72. The molecule has 0 fully saturated rings. The molecule has 1 heterocycles. The number of nitrogens with zero attached hydrogens (tertiary/aromatic N) is 3. The van der Waals surface area contributed by atoms with Gasteiger partial charge in [-0.05, 0) is 12.1 Å². The third-order valence-electron chi connectivity index (χ3n) is 2.31. The van der Waals surface area contributed by atoms with Gasteiger partial charge in [-0.3, -0.25) is 0 Å². The number of benzene rings is 1. The summed E-state index contributed by atoms with van der Waals surface area (Å²) in [7, 11) is 0. The number of carboxylic acids is 1. The number of para-hydroxylation sites is 1. The fourth-order valence-corrected chi connectivity index (χ4v) is 1.59. The van der Waals surface area contributed by atoms with Crippen LogP contribution in [0.5, 0.6) is 0 Å². The van der Waals surface area contributed by atoms with Crippen LogP contribution in [0.1, 0.15) is 10.4 Å². The first-order chi connectivity index (χ1) is 8.59. The van der Waals surface area contributed by atoms with E-state index in [9.17, 15) is 9.59 Å². The minimum absolute atomic E-state index is 0.00173. The lowest BCUT2D eigenvalue weighted by atomic mass is 10.2. The number of carboxylic acid groups (broad SMARTS) is 1. The highest BCUT2D eigenvalue weighted by Gasteiger charge is 2.14. The van der Waals surface area contributed by atoms with Crippen molar-refractivity contribution >= 4 is 23.1 Å². The van der Waals surface area contributed by atoms with Gasteiger partial charge in [0.15, 0.2) is 0 Å². The zero-order valence-corrected chi connectivity index (χ0v) is 9.24. The number of primary amides is 1. The molecule has 1 aromatic heterocycles. The largest absolute Gasteiger partial charge is 0.478 e. The number of nitrogens with two attached hydrogens (primary N) is 1. The van der Waals surface area contributed by atoms with E-state index in [-0.39, 0.29) is 18.7 Å². The number of rotatable bonds is 4. The highest BCUT2D eigenvalue weighted by molar-refractivity contribution is 6.00. The summed E-state index contributed by atoms with van der Waals surface area (Å²) >= 11 is 0. The maximum absolute atomic E-state index is 11.1. The van der Waals surface area contributed by atoms with Crippen LogP contribution in [0, 0.1) is 0 Å². The summed E-state index contributed by atoms with van der Waals surface area (Å²) in [5, 5.41) is 16.7. The molecule has 0 saturated heterocycles. The van der Waals surface area contributed by atoms with E-state index < -0.39 is 12.1 Å². The van der Waals surface area contributed by atoms with Crippen molar-refractivity contribution in [3.8, 4) is 0 Å². The Bertz CT molecular complexity index is 607. The van der Waals surface area contributed by atoms with Crippen LogP contribution in [0.3, 0.4) is 0 Å². The Balaban J connectivity index is 2.33. The van der Waals surface area contributed by atoms with E-state index in [1.54, 1.807) is 12.1 Å². The van der Waals surface area contributed by atoms with Gasteiger partial charge in [0.05, 0.1) is 12.1 Å². The van der Waals surface area contributed by atoms with Crippen LogP contribution in [-0.4, -0.2) is 38.8 Å². The minimum Gasteiger partial charge on any atom is -0.478 e. The molecule has 0 aliphatic heterocycles. The molecular formula is C10H10N4O4. The van der Waals surface area contributed by atoms with E-state index in [0.29, 0.717) is 11.0 Å². The topological polar surface area (TPSA) is 120 Å². The van der Waals surface area contributed by atoms with E-state index in [1.165, 1.54) is 10.7 Å². The van der Waals surface area contributed by atoms with Gasteiger partial charge >= 0.3 is 12.1 Å². The van der Waals surface area contributed by atoms with E-state index >= 15 is 0 Å². The van der Waals surface area contributed by atoms with Gasteiger partial charge in [-0.25, -0.2) is 14.3 Å². The molecule has 0 aliphatic rings. The quantitative estimate of drug-likeness (QED) is 0.800. The number of fused-ring (bicyclic) bond motifs is 1. The van der Waals surface area contributed by atoms with Crippen LogP contribution in [0.2, 0.25) is 0 Å². The predicted molar refractivity (Wildman–Crippen MR) is 60.0 cm³/mol. The Morgan fingerprint density at radius 2 is 2.22 bits per heavy atom. The van der Waals surface area contributed by atoms with Gasteiger partial charge in [0.25, 0.3) is 0 Å². The van der Waals surface area contributed by atoms with Crippen LogP contribution in [0.4, 0.5) is 4.79 Å². The first-order valence-electron chi connectivity index (χ1n) is 5.07. The maximum atomic E-state index is 11.1. The van der Waals surface area contributed by atoms with E-state index in [2.05, 4.69) is 15.0 Å². The predicted octanol–water partition coefficient (Wildman–Crippen LogP) is 0.225. The Kier molecular flexibility index (Phi) is 3.09. The first-order valence-corrected chi connectivity index (χ1v) is 5.07. The number of carbonyl (C=O) groups excluding carboxylic acids is 1. The summed E-state index contributed by atoms with van der Waals surface area (Å²) < 4.78 is 5.93. The lowest BCUT2D eigenvalue weighted by Crippen LogP contribution is -2.17. The van der Waals surface area contributed by atoms with Crippen LogP contribution in [0.15, 0.2) is 18.2 Å². The van der Waals surface area contributed by atoms with Crippen molar-refractivity contribution in [3.05, 3.63) is 23.8 Å². The zero-order chi connectivity index (χ0) is 13.1. The van der Waals surface area contributed by atoms with Gasteiger partial charge in [-0.1, -0.05) is 11.3 Å². The summed E-state index contributed by atoms with van der Waals surface area (Å²) in [6.45, 7) is 0.186. The minimum atomic E-state index is -1.07. The smallest absolute Gasteiger partial charge is 0.404 e. The van der Waals surface area contributed by atoms with Crippen molar-refractivity contribution < 1.29 is 19.4 Å². The molecular weight excluding hydrogens is 240 g/mol. The zero-order valence-electron chi connectivity index (χ0n) is 9.24. The van der Waals surface area contributed by atoms with Crippen molar-refractivity contribution in [1.82, 2.24) is 15.0 Å². The van der Waals surface area contributed by atoms with Crippen molar-refractivity contribution in [2.45, 2.75) is 6.54 Å². The summed E-state index contributed by atoms with van der Waals surface area (Å²) in [4.78, 5) is 21.5. The summed E-state index contributed by atoms with van der Waals surface area (Å²) in [6, 6.07) is 4.70. The molecule has 0 saturated carbocycles. The SMILES string of the molecule is NC(=O)OCCn1nnc2cccc(C(=O)O)c21. The van der Waals surface area contributed by atoms with Gasteiger partial charge in [-0.15, -0.1) is 5.10 Å². The highest BCUT2D eigenvalue weighted by atomic mass is 16.5. The number of hydrogen-bond donors (Lipinski definition) is 2. The molecule has 2 rings (SSSR count). The molecule has 18 heavy (non-hydrogen) atoms. The molecule has 0 aliphatic carbocycles. The second-order valence-corrected chi connectivity index (χ2v) is 3.46. The molecule has 0 unspecified atom stereocenters.